The summed E-state index contributed by atoms with van der Waals surface area (Å²) >= 11 is 5.89. The number of hydrogen-bond donors (Lipinski definition) is 1. The third-order valence-electron chi connectivity index (χ3n) is 3.59. The summed E-state index contributed by atoms with van der Waals surface area (Å²) in [4.78, 5) is 12.1. The second kappa shape index (κ2) is 5.25. The van der Waals surface area contributed by atoms with Crippen LogP contribution in [0.15, 0.2) is 42.5 Å². The average Bonchev–Trinajstić information content (AvgIpc) is 2.83. The number of hydrogen-bond acceptors (Lipinski definition) is 1. The second-order valence-electron chi connectivity index (χ2n) is 4.89. The number of halogens is 2. The molecule has 20 heavy (non-hydrogen) atoms. The summed E-state index contributed by atoms with van der Waals surface area (Å²) < 4.78 is 13.8. The van der Waals surface area contributed by atoms with Crippen LogP contribution in [0.1, 0.15) is 33.9 Å². The Bertz CT molecular complexity index is 657. The van der Waals surface area contributed by atoms with E-state index in [9.17, 15) is 9.18 Å². The number of carbonyl (C=O) groups excluding carboxylic acids is 1. The van der Waals surface area contributed by atoms with E-state index in [4.69, 9.17) is 11.6 Å². The van der Waals surface area contributed by atoms with Crippen molar-refractivity contribution in [1.82, 2.24) is 5.32 Å². The van der Waals surface area contributed by atoms with Crippen molar-refractivity contribution in [2.75, 3.05) is 0 Å². The predicted molar refractivity (Wildman–Crippen MR) is 76.4 cm³/mol. The number of fused-ring (bicyclic) bond motifs is 1. The third kappa shape index (κ3) is 2.41. The quantitative estimate of drug-likeness (QED) is 0.893. The van der Waals surface area contributed by atoms with Crippen molar-refractivity contribution in [3.05, 3.63) is 70.0 Å². The molecule has 1 aliphatic carbocycles. The molecule has 0 aromatic heterocycles. The number of nitrogens with one attached hydrogen (secondary N) is 1. The van der Waals surface area contributed by atoms with E-state index in [0.29, 0.717) is 29.0 Å². The van der Waals surface area contributed by atoms with E-state index in [2.05, 4.69) is 5.32 Å². The Morgan fingerprint density at radius 1 is 1.25 bits per heavy atom. The smallest absolute Gasteiger partial charge is 0.251 e. The predicted octanol–water partition coefficient (Wildman–Crippen LogP) is 3.90. The molecule has 2 aromatic rings. The van der Waals surface area contributed by atoms with Gasteiger partial charge in [-0.15, -0.1) is 0 Å². The van der Waals surface area contributed by atoms with Crippen molar-refractivity contribution < 1.29 is 9.18 Å². The maximum Gasteiger partial charge on any atom is 0.251 e. The molecule has 2 nitrogen and oxygen atoms in total. The van der Waals surface area contributed by atoms with Gasteiger partial charge in [-0.25, -0.2) is 4.39 Å². The van der Waals surface area contributed by atoms with Crippen molar-refractivity contribution >= 4 is 17.5 Å². The lowest BCUT2D eigenvalue weighted by molar-refractivity contribution is 0.0936. The van der Waals surface area contributed by atoms with Crippen LogP contribution in [0.4, 0.5) is 4.39 Å². The lowest BCUT2D eigenvalue weighted by Gasteiger charge is -2.14. The van der Waals surface area contributed by atoms with Crippen LogP contribution < -0.4 is 5.32 Å². The van der Waals surface area contributed by atoms with Gasteiger partial charge in [0.2, 0.25) is 0 Å². The first-order valence-electron chi connectivity index (χ1n) is 6.49. The van der Waals surface area contributed by atoms with E-state index in [-0.39, 0.29) is 17.8 Å². The molecule has 3 rings (SSSR count). The van der Waals surface area contributed by atoms with E-state index in [0.717, 1.165) is 5.56 Å². The van der Waals surface area contributed by atoms with Crippen LogP contribution >= 0.6 is 11.6 Å². The SMILES string of the molecule is O=C(N[C@@H]1CCc2c(F)cc(Cl)cc21)c1ccccc1. The summed E-state index contributed by atoms with van der Waals surface area (Å²) in [5.74, 6) is -0.437. The van der Waals surface area contributed by atoms with Gasteiger partial charge in [0.25, 0.3) is 5.91 Å². The molecular formula is C16H13ClFNO. The number of carbonyl (C=O) groups is 1. The normalized spacial score (nSPS) is 16.8. The van der Waals surface area contributed by atoms with Crippen molar-refractivity contribution in [2.24, 2.45) is 0 Å². The second-order valence-corrected chi connectivity index (χ2v) is 5.32. The molecule has 0 spiro atoms. The molecule has 0 aliphatic heterocycles. The largest absolute Gasteiger partial charge is 0.345 e. The maximum absolute atomic E-state index is 13.8. The van der Waals surface area contributed by atoms with E-state index in [1.165, 1.54) is 6.07 Å². The Morgan fingerprint density at radius 3 is 2.75 bits per heavy atom. The van der Waals surface area contributed by atoms with Gasteiger partial charge in [0.05, 0.1) is 6.04 Å². The molecule has 0 saturated carbocycles. The number of rotatable bonds is 2. The summed E-state index contributed by atoms with van der Waals surface area (Å²) in [5, 5.41) is 3.30. The van der Waals surface area contributed by atoms with Gasteiger partial charge in [-0.05, 0) is 48.2 Å². The highest BCUT2D eigenvalue weighted by atomic mass is 35.5. The summed E-state index contributed by atoms with van der Waals surface area (Å²) in [6.07, 6.45) is 1.32. The monoisotopic (exact) mass is 289 g/mol. The Kier molecular flexibility index (Phi) is 3.45. The molecule has 0 bridgehead atoms. The van der Waals surface area contributed by atoms with Gasteiger partial charge in [0, 0.05) is 10.6 Å². The summed E-state index contributed by atoms with van der Waals surface area (Å²) in [5.41, 5.74) is 2.05. The molecular weight excluding hydrogens is 277 g/mol. The van der Waals surface area contributed by atoms with Gasteiger partial charge >= 0.3 is 0 Å². The van der Waals surface area contributed by atoms with Crippen molar-refractivity contribution in [2.45, 2.75) is 18.9 Å². The summed E-state index contributed by atoms with van der Waals surface area (Å²) in [7, 11) is 0. The highest BCUT2D eigenvalue weighted by Crippen LogP contribution is 2.35. The molecule has 0 radical (unpaired) electrons. The standard InChI is InChI=1S/C16H13ClFNO/c17-11-8-13-12(14(18)9-11)6-7-15(13)19-16(20)10-4-2-1-3-5-10/h1-5,8-9,15H,6-7H2,(H,19,20)/t15-/m1/s1. The molecule has 0 fully saturated rings. The van der Waals surface area contributed by atoms with Crippen LogP contribution in [0, 0.1) is 5.82 Å². The topological polar surface area (TPSA) is 29.1 Å². The lowest BCUT2D eigenvalue weighted by atomic mass is 10.1. The minimum Gasteiger partial charge on any atom is -0.345 e. The highest BCUT2D eigenvalue weighted by molar-refractivity contribution is 6.30. The molecule has 4 heteroatoms. The molecule has 0 unspecified atom stereocenters. The van der Waals surface area contributed by atoms with Gasteiger partial charge in [-0.2, -0.15) is 0 Å². The van der Waals surface area contributed by atoms with Crippen LogP contribution in [0.25, 0.3) is 0 Å². The van der Waals surface area contributed by atoms with E-state index < -0.39 is 0 Å². The van der Waals surface area contributed by atoms with Crippen molar-refractivity contribution in [3.8, 4) is 0 Å². The van der Waals surface area contributed by atoms with E-state index in [1.807, 2.05) is 18.2 Å². The molecule has 0 heterocycles. The Labute approximate surface area is 121 Å². The third-order valence-corrected chi connectivity index (χ3v) is 3.81. The molecule has 2 aromatic carbocycles. The van der Waals surface area contributed by atoms with Crippen LogP contribution in [-0.2, 0) is 6.42 Å². The van der Waals surface area contributed by atoms with Gasteiger partial charge in [0.15, 0.2) is 0 Å². The van der Waals surface area contributed by atoms with E-state index >= 15 is 0 Å². The zero-order chi connectivity index (χ0) is 14.1. The first-order chi connectivity index (χ1) is 9.65. The Balaban J connectivity index is 1.84. The zero-order valence-corrected chi connectivity index (χ0v) is 11.5. The van der Waals surface area contributed by atoms with Crippen molar-refractivity contribution in [3.63, 3.8) is 0 Å². The number of benzene rings is 2. The Hall–Kier alpha value is -1.87. The zero-order valence-electron chi connectivity index (χ0n) is 10.7. The minimum absolute atomic E-state index is 0.149. The fourth-order valence-electron chi connectivity index (χ4n) is 2.62. The van der Waals surface area contributed by atoms with Crippen LogP contribution in [0.5, 0.6) is 0 Å². The van der Waals surface area contributed by atoms with Gasteiger partial charge < -0.3 is 5.32 Å². The highest BCUT2D eigenvalue weighted by Gasteiger charge is 2.27. The number of amides is 1. The first kappa shape index (κ1) is 13.1. The maximum atomic E-state index is 13.8. The molecule has 1 N–H and O–H groups in total. The molecule has 0 saturated heterocycles. The average molecular weight is 290 g/mol. The fraction of sp³-hybridized carbons (Fsp3) is 0.188. The van der Waals surface area contributed by atoms with Crippen LogP contribution in [0.2, 0.25) is 5.02 Å². The summed E-state index contributed by atoms with van der Waals surface area (Å²) in [6, 6.07) is 11.9. The lowest BCUT2D eigenvalue weighted by Crippen LogP contribution is -2.27. The molecule has 1 atom stereocenters. The fourth-order valence-corrected chi connectivity index (χ4v) is 2.84. The van der Waals surface area contributed by atoms with Crippen LogP contribution in [0.3, 0.4) is 0 Å². The minimum atomic E-state index is -0.288. The van der Waals surface area contributed by atoms with Crippen LogP contribution in [-0.4, -0.2) is 5.91 Å². The van der Waals surface area contributed by atoms with E-state index in [1.54, 1.807) is 18.2 Å². The van der Waals surface area contributed by atoms with Gasteiger partial charge in [-0.1, -0.05) is 29.8 Å². The van der Waals surface area contributed by atoms with Crippen molar-refractivity contribution in [1.29, 1.82) is 0 Å². The van der Waals surface area contributed by atoms with Gasteiger partial charge in [0.1, 0.15) is 5.82 Å². The van der Waals surface area contributed by atoms with Gasteiger partial charge in [-0.3, -0.25) is 4.79 Å². The summed E-state index contributed by atoms with van der Waals surface area (Å²) in [6.45, 7) is 0. The Morgan fingerprint density at radius 2 is 2.00 bits per heavy atom. The molecule has 1 aliphatic rings. The molecule has 102 valence electrons. The molecule has 1 amide bonds. The first-order valence-corrected chi connectivity index (χ1v) is 6.86.